The maximum absolute atomic E-state index is 13.1. The third-order valence-electron chi connectivity index (χ3n) is 2.77. The minimum Gasteiger partial charge on any atom is -0.483 e. The molecule has 0 aliphatic heterocycles. The lowest BCUT2D eigenvalue weighted by atomic mass is 10.1. The zero-order chi connectivity index (χ0) is 13.1. The monoisotopic (exact) mass is 252 g/mol. The molecule has 1 atom stereocenters. The molecule has 1 aliphatic carbocycles. The molecule has 1 saturated carbocycles. The number of amides is 1. The van der Waals surface area contributed by atoms with Crippen LogP contribution in [0, 0.1) is 5.82 Å². The number of rotatable bonds is 5. The topological polar surface area (TPSA) is 64.3 Å². The van der Waals surface area contributed by atoms with Crippen LogP contribution in [-0.4, -0.2) is 18.6 Å². The summed E-state index contributed by atoms with van der Waals surface area (Å²) in [6, 6.07) is 4.18. The van der Waals surface area contributed by atoms with Crippen molar-refractivity contribution in [1.82, 2.24) is 5.32 Å². The number of benzene rings is 1. The lowest BCUT2D eigenvalue weighted by Gasteiger charge is -2.13. The lowest BCUT2D eigenvalue weighted by Crippen LogP contribution is -2.30. The average molecular weight is 252 g/mol. The molecule has 0 radical (unpaired) electrons. The van der Waals surface area contributed by atoms with Crippen molar-refractivity contribution in [1.29, 1.82) is 0 Å². The van der Waals surface area contributed by atoms with Crippen molar-refractivity contribution >= 4 is 5.91 Å². The number of ether oxygens (including phenoxy) is 1. The smallest absolute Gasteiger partial charge is 0.258 e. The second-order valence-corrected chi connectivity index (χ2v) is 4.60. The van der Waals surface area contributed by atoms with Crippen molar-refractivity contribution < 1.29 is 13.9 Å². The zero-order valence-electron chi connectivity index (χ0n) is 10.3. The van der Waals surface area contributed by atoms with Gasteiger partial charge in [0.05, 0.1) is 0 Å². The van der Waals surface area contributed by atoms with E-state index in [2.05, 4.69) is 5.32 Å². The van der Waals surface area contributed by atoms with E-state index in [1.165, 1.54) is 12.1 Å². The number of carbonyl (C=O) groups excluding carboxylic acids is 1. The van der Waals surface area contributed by atoms with E-state index in [0.717, 1.165) is 12.8 Å². The number of nitrogens with one attached hydrogen (secondary N) is 1. The normalized spacial score (nSPS) is 16.2. The van der Waals surface area contributed by atoms with Gasteiger partial charge < -0.3 is 15.8 Å². The van der Waals surface area contributed by atoms with Gasteiger partial charge in [-0.3, -0.25) is 4.79 Å². The van der Waals surface area contributed by atoms with Crippen molar-refractivity contribution in [2.24, 2.45) is 5.73 Å². The Morgan fingerprint density at radius 3 is 2.94 bits per heavy atom. The Balaban J connectivity index is 1.98. The second-order valence-electron chi connectivity index (χ2n) is 4.60. The first-order chi connectivity index (χ1) is 8.56. The van der Waals surface area contributed by atoms with Gasteiger partial charge in [0.25, 0.3) is 5.91 Å². The average Bonchev–Trinajstić information content (AvgIpc) is 3.10. The van der Waals surface area contributed by atoms with Crippen molar-refractivity contribution in [2.45, 2.75) is 31.8 Å². The van der Waals surface area contributed by atoms with Crippen LogP contribution in [0.15, 0.2) is 18.2 Å². The zero-order valence-corrected chi connectivity index (χ0v) is 10.3. The molecule has 98 valence electrons. The van der Waals surface area contributed by atoms with Crippen molar-refractivity contribution in [3.8, 4) is 5.75 Å². The summed E-state index contributed by atoms with van der Waals surface area (Å²) in [5, 5.41) is 2.80. The summed E-state index contributed by atoms with van der Waals surface area (Å²) in [5.41, 5.74) is 6.45. The molecule has 2 rings (SSSR count). The van der Waals surface area contributed by atoms with E-state index in [0.29, 0.717) is 17.4 Å². The van der Waals surface area contributed by atoms with E-state index in [9.17, 15) is 9.18 Å². The van der Waals surface area contributed by atoms with Crippen LogP contribution in [0.2, 0.25) is 0 Å². The molecule has 18 heavy (non-hydrogen) atoms. The number of hydrogen-bond acceptors (Lipinski definition) is 3. The quantitative estimate of drug-likeness (QED) is 0.834. The first-order valence-electron chi connectivity index (χ1n) is 6.03. The van der Waals surface area contributed by atoms with Crippen LogP contribution in [0.5, 0.6) is 5.75 Å². The van der Waals surface area contributed by atoms with Crippen LogP contribution in [0.25, 0.3) is 0 Å². The Hall–Kier alpha value is -1.62. The van der Waals surface area contributed by atoms with E-state index in [1.54, 1.807) is 13.0 Å². The van der Waals surface area contributed by atoms with Crippen molar-refractivity contribution in [3.05, 3.63) is 29.6 Å². The number of hydrogen-bond donors (Lipinski definition) is 2. The van der Waals surface area contributed by atoms with Gasteiger partial charge in [-0.05, 0) is 25.8 Å². The van der Waals surface area contributed by atoms with Crippen LogP contribution in [0.1, 0.15) is 31.4 Å². The Labute approximate surface area is 105 Å². The summed E-state index contributed by atoms with van der Waals surface area (Å²) in [6.07, 6.45) is 2.05. The highest BCUT2D eigenvalue weighted by Crippen LogP contribution is 2.25. The van der Waals surface area contributed by atoms with E-state index in [-0.39, 0.29) is 18.6 Å². The standard InChI is InChI=1S/C13H17FN2O2/c1-8(15)11-5-2-9(14)6-12(11)18-7-13(17)16-10-3-4-10/h2,5-6,8,10H,3-4,7,15H2,1H3,(H,16,17)/t8-/m1/s1. The summed E-state index contributed by atoms with van der Waals surface area (Å²) in [7, 11) is 0. The van der Waals surface area contributed by atoms with Gasteiger partial charge in [-0.25, -0.2) is 4.39 Å². The van der Waals surface area contributed by atoms with Gasteiger partial charge in [-0.15, -0.1) is 0 Å². The van der Waals surface area contributed by atoms with Gasteiger partial charge in [0.15, 0.2) is 6.61 Å². The molecule has 1 aromatic carbocycles. The highest BCUT2D eigenvalue weighted by molar-refractivity contribution is 5.78. The molecule has 0 unspecified atom stereocenters. The third-order valence-corrected chi connectivity index (χ3v) is 2.77. The molecule has 0 heterocycles. The molecule has 5 heteroatoms. The molecule has 0 aromatic heterocycles. The molecule has 1 fully saturated rings. The minimum atomic E-state index is -0.406. The predicted molar refractivity (Wildman–Crippen MR) is 65.7 cm³/mol. The third kappa shape index (κ3) is 3.43. The Bertz CT molecular complexity index is 445. The van der Waals surface area contributed by atoms with Crippen LogP contribution in [-0.2, 0) is 4.79 Å². The van der Waals surface area contributed by atoms with E-state index in [1.807, 2.05) is 0 Å². The van der Waals surface area contributed by atoms with Crippen molar-refractivity contribution in [3.63, 3.8) is 0 Å². The van der Waals surface area contributed by atoms with E-state index < -0.39 is 5.82 Å². The molecule has 1 amide bonds. The summed E-state index contributed by atoms with van der Waals surface area (Å²) < 4.78 is 18.5. The SMILES string of the molecule is C[C@@H](N)c1ccc(F)cc1OCC(=O)NC1CC1. The molecule has 1 aliphatic rings. The highest BCUT2D eigenvalue weighted by Gasteiger charge is 2.23. The molecule has 1 aromatic rings. The summed E-state index contributed by atoms with van der Waals surface area (Å²) in [6.45, 7) is 1.67. The molecule has 0 bridgehead atoms. The largest absolute Gasteiger partial charge is 0.483 e. The predicted octanol–water partition coefficient (Wildman–Crippen LogP) is 1.50. The molecular weight excluding hydrogens is 235 g/mol. The fourth-order valence-electron chi connectivity index (χ4n) is 1.65. The number of carbonyl (C=O) groups is 1. The van der Waals surface area contributed by atoms with Crippen LogP contribution < -0.4 is 15.8 Å². The highest BCUT2D eigenvalue weighted by atomic mass is 19.1. The summed E-state index contributed by atoms with van der Waals surface area (Å²) >= 11 is 0. The van der Waals surface area contributed by atoms with Gasteiger partial charge in [0, 0.05) is 23.7 Å². The Morgan fingerprint density at radius 1 is 1.61 bits per heavy atom. The Kier molecular flexibility index (Phi) is 3.81. The van der Waals surface area contributed by atoms with Crippen LogP contribution in [0.3, 0.4) is 0 Å². The molecule has 4 nitrogen and oxygen atoms in total. The minimum absolute atomic E-state index is 0.111. The van der Waals surface area contributed by atoms with Gasteiger partial charge in [0.2, 0.25) is 0 Å². The van der Waals surface area contributed by atoms with Gasteiger partial charge >= 0.3 is 0 Å². The molecule has 3 N–H and O–H groups in total. The van der Waals surface area contributed by atoms with Gasteiger partial charge in [-0.1, -0.05) is 6.07 Å². The fourth-order valence-corrected chi connectivity index (χ4v) is 1.65. The first-order valence-corrected chi connectivity index (χ1v) is 6.03. The lowest BCUT2D eigenvalue weighted by molar-refractivity contribution is -0.123. The van der Waals surface area contributed by atoms with E-state index in [4.69, 9.17) is 10.5 Å². The maximum atomic E-state index is 13.1. The summed E-state index contributed by atoms with van der Waals surface area (Å²) in [5.74, 6) is -0.259. The fraction of sp³-hybridized carbons (Fsp3) is 0.462. The molecule has 0 spiro atoms. The van der Waals surface area contributed by atoms with Gasteiger partial charge in [-0.2, -0.15) is 0 Å². The molecule has 0 saturated heterocycles. The summed E-state index contributed by atoms with van der Waals surface area (Å²) in [4.78, 5) is 11.5. The van der Waals surface area contributed by atoms with Gasteiger partial charge in [0.1, 0.15) is 11.6 Å². The first kappa shape index (κ1) is 12.8. The maximum Gasteiger partial charge on any atom is 0.258 e. The second kappa shape index (κ2) is 5.35. The van der Waals surface area contributed by atoms with Crippen molar-refractivity contribution in [2.75, 3.05) is 6.61 Å². The van der Waals surface area contributed by atoms with Crippen LogP contribution >= 0.6 is 0 Å². The molecular formula is C13H17FN2O2. The number of halogens is 1. The number of nitrogens with two attached hydrogens (primary N) is 1. The van der Waals surface area contributed by atoms with Crippen LogP contribution in [0.4, 0.5) is 4.39 Å². The van der Waals surface area contributed by atoms with E-state index >= 15 is 0 Å². The Morgan fingerprint density at radius 2 is 2.33 bits per heavy atom.